The van der Waals surface area contributed by atoms with Crippen LogP contribution in [0.25, 0.3) is 0 Å². The summed E-state index contributed by atoms with van der Waals surface area (Å²) in [5, 5.41) is 0. The third-order valence-electron chi connectivity index (χ3n) is 1.85. The second-order valence-corrected chi connectivity index (χ2v) is 3.14. The number of nitrogens with zero attached hydrogens (tertiary/aromatic N) is 1. The summed E-state index contributed by atoms with van der Waals surface area (Å²) in [4.78, 5) is 14.4. The molecule has 1 rings (SSSR count). The summed E-state index contributed by atoms with van der Waals surface area (Å²) in [6.07, 6.45) is -4.79. The Morgan fingerprint density at radius 1 is 1.47 bits per heavy atom. The highest BCUT2D eigenvalue weighted by molar-refractivity contribution is 5.72. The number of rotatable bonds is 3. The summed E-state index contributed by atoms with van der Waals surface area (Å²) >= 11 is 0. The largest absolute Gasteiger partial charge is 0.466 e. The second kappa shape index (κ2) is 5.11. The fraction of sp³-hybridized carbons (Fsp3) is 0.400. The molecule has 0 atom stereocenters. The number of aromatic nitrogens is 1. The van der Waals surface area contributed by atoms with Gasteiger partial charge in [-0.2, -0.15) is 13.2 Å². The van der Waals surface area contributed by atoms with Gasteiger partial charge in [0.15, 0.2) is 5.82 Å². The summed E-state index contributed by atoms with van der Waals surface area (Å²) in [6.45, 7) is 1.68. The first-order valence-electron chi connectivity index (χ1n) is 4.71. The predicted molar refractivity (Wildman–Crippen MR) is 49.5 cm³/mol. The predicted octanol–water partition coefficient (Wildman–Crippen LogP) is 2.35. The Hall–Kier alpha value is -1.66. The first kappa shape index (κ1) is 13.4. The molecule has 0 aliphatic heterocycles. The molecule has 0 radical (unpaired) electrons. The fourth-order valence-corrected chi connectivity index (χ4v) is 1.16. The van der Waals surface area contributed by atoms with Crippen LogP contribution in [0.1, 0.15) is 18.2 Å². The van der Waals surface area contributed by atoms with E-state index in [1.54, 1.807) is 6.92 Å². The van der Waals surface area contributed by atoms with E-state index in [0.29, 0.717) is 12.3 Å². The summed E-state index contributed by atoms with van der Waals surface area (Å²) in [7, 11) is 0. The second-order valence-electron chi connectivity index (χ2n) is 3.14. The SMILES string of the molecule is CCOC(=O)Cc1cc(C(F)(F)F)c(F)cn1. The van der Waals surface area contributed by atoms with Crippen LogP contribution in [-0.4, -0.2) is 17.6 Å². The normalized spacial score (nSPS) is 11.4. The lowest BCUT2D eigenvalue weighted by atomic mass is 10.2. The number of ether oxygens (including phenoxy) is 1. The molecule has 0 aliphatic carbocycles. The van der Waals surface area contributed by atoms with Gasteiger partial charge in [0.25, 0.3) is 0 Å². The Labute approximate surface area is 94.4 Å². The molecule has 0 spiro atoms. The number of pyridine rings is 1. The Balaban J connectivity index is 2.93. The minimum atomic E-state index is -4.81. The summed E-state index contributed by atoms with van der Waals surface area (Å²) in [5.74, 6) is -2.18. The van der Waals surface area contributed by atoms with Crippen molar-refractivity contribution in [2.45, 2.75) is 19.5 Å². The number of esters is 1. The quantitative estimate of drug-likeness (QED) is 0.611. The van der Waals surface area contributed by atoms with Gasteiger partial charge in [0.2, 0.25) is 0 Å². The molecule has 0 fully saturated rings. The average molecular weight is 251 g/mol. The molecular weight excluding hydrogens is 242 g/mol. The van der Waals surface area contributed by atoms with Crippen LogP contribution in [0.5, 0.6) is 0 Å². The molecule has 0 aliphatic rings. The number of carbonyl (C=O) groups is 1. The smallest absolute Gasteiger partial charge is 0.419 e. The van der Waals surface area contributed by atoms with Crippen LogP contribution in [0.15, 0.2) is 12.3 Å². The van der Waals surface area contributed by atoms with Crippen LogP contribution in [0, 0.1) is 5.82 Å². The van der Waals surface area contributed by atoms with Gasteiger partial charge in [0, 0.05) is 0 Å². The van der Waals surface area contributed by atoms with Crippen LogP contribution in [0.3, 0.4) is 0 Å². The number of halogens is 4. The molecule has 0 amide bonds. The molecule has 1 heterocycles. The number of hydrogen-bond acceptors (Lipinski definition) is 3. The average Bonchev–Trinajstić information content (AvgIpc) is 2.19. The maximum Gasteiger partial charge on any atom is 0.419 e. The molecule has 3 nitrogen and oxygen atoms in total. The van der Waals surface area contributed by atoms with Gasteiger partial charge in [-0.1, -0.05) is 0 Å². The Bertz CT molecular complexity index is 417. The van der Waals surface area contributed by atoms with Gasteiger partial charge in [0.1, 0.15) is 0 Å². The van der Waals surface area contributed by atoms with E-state index in [4.69, 9.17) is 0 Å². The zero-order chi connectivity index (χ0) is 13.1. The Kier molecular flexibility index (Phi) is 4.03. The number of carbonyl (C=O) groups excluding carboxylic acids is 1. The standard InChI is InChI=1S/C10H9F4NO2/c1-2-17-9(16)4-6-3-7(10(12,13)14)8(11)5-15-6/h3,5H,2,4H2,1H3. The minimum Gasteiger partial charge on any atom is -0.466 e. The molecule has 0 aromatic carbocycles. The minimum absolute atomic E-state index is 0.117. The van der Waals surface area contributed by atoms with Gasteiger partial charge in [-0.15, -0.1) is 0 Å². The zero-order valence-electron chi connectivity index (χ0n) is 8.84. The molecule has 94 valence electrons. The molecule has 1 aromatic rings. The van der Waals surface area contributed by atoms with E-state index in [1.807, 2.05) is 0 Å². The molecule has 0 saturated heterocycles. The van der Waals surface area contributed by atoms with Gasteiger partial charge in [-0.25, -0.2) is 4.39 Å². The van der Waals surface area contributed by atoms with Crippen molar-refractivity contribution in [1.82, 2.24) is 4.98 Å². The van der Waals surface area contributed by atoms with Crippen molar-refractivity contribution >= 4 is 5.97 Å². The highest BCUT2D eigenvalue weighted by Crippen LogP contribution is 2.31. The zero-order valence-corrected chi connectivity index (χ0v) is 8.84. The molecular formula is C10H9F4NO2. The lowest BCUT2D eigenvalue weighted by molar-refractivity contribution is -0.143. The fourth-order valence-electron chi connectivity index (χ4n) is 1.16. The van der Waals surface area contributed by atoms with E-state index in [9.17, 15) is 22.4 Å². The third-order valence-corrected chi connectivity index (χ3v) is 1.85. The van der Waals surface area contributed by atoms with Crippen molar-refractivity contribution in [2.24, 2.45) is 0 Å². The highest BCUT2D eigenvalue weighted by Gasteiger charge is 2.34. The van der Waals surface area contributed by atoms with E-state index in [0.717, 1.165) is 0 Å². The van der Waals surface area contributed by atoms with Crippen LogP contribution >= 0.6 is 0 Å². The molecule has 17 heavy (non-hydrogen) atoms. The first-order valence-corrected chi connectivity index (χ1v) is 4.71. The lowest BCUT2D eigenvalue weighted by Crippen LogP contribution is -2.13. The topological polar surface area (TPSA) is 39.2 Å². The molecule has 7 heteroatoms. The highest BCUT2D eigenvalue weighted by atomic mass is 19.4. The monoisotopic (exact) mass is 251 g/mol. The van der Waals surface area contributed by atoms with Crippen LogP contribution < -0.4 is 0 Å². The van der Waals surface area contributed by atoms with Crippen molar-refractivity contribution in [1.29, 1.82) is 0 Å². The van der Waals surface area contributed by atoms with Crippen LogP contribution in [-0.2, 0) is 22.1 Å². The summed E-state index contributed by atoms with van der Waals surface area (Å²) in [6, 6.07) is 0.506. The molecule has 0 saturated carbocycles. The van der Waals surface area contributed by atoms with E-state index in [2.05, 4.69) is 9.72 Å². The van der Waals surface area contributed by atoms with Gasteiger partial charge in [0.05, 0.1) is 30.5 Å². The van der Waals surface area contributed by atoms with Gasteiger partial charge in [-0.3, -0.25) is 9.78 Å². The maximum absolute atomic E-state index is 12.9. The van der Waals surface area contributed by atoms with E-state index < -0.39 is 29.9 Å². The van der Waals surface area contributed by atoms with E-state index in [1.165, 1.54) is 0 Å². The number of alkyl halides is 3. The van der Waals surface area contributed by atoms with Gasteiger partial charge < -0.3 is 4.74 Å². The van der Waals surface area contributed by atoms with Crippen molar-refractivity contribution < 1.29 is 27.1 Å². The molecule has 0 bridgehead atoms. The Morgan fingerprint density at radius 2 is 2.12 bits per heavy atom. The Morgan fingerprint density at radius 3 is 2.65 bits per heavy atom. The number of hydrogen-bond donors (Lipinski definition) is 0. The first-order chi connectivity index (χ1) is 7.84. The van der Waals surface area contributed by atoms with E-state index >= 15 is 0 Å². The summed E-state index contributed by atoms with van der Waals surface area (Å²) in [5.41, 5.74) is -1.62. The van der Waals surface area contributed by atoms with Gasteiger partial charge >= 0.3 is 12.1 Å². The van der Waals surface area contributed by atoms with Crippen molar-refractivity contribution in [3.8, 4) is 0 Å². The molecule has 1 aromatic heterocycles. The van der Waals surface area contributed by atoms with Gasteiger partial charge in [-0.05, 0) is 13.0 Å². The lowest BCUT2D eigenvalue weighted by Gasteiger charge is -2.09. The van der Waals surface area contributed by atoms with E-state index in [-0.39, 0.29) is 12.3 Å². The van der Waals surface area contributed by atoms with Crippen LogP contribution in [0.4, 0.5) is 17.6 Å². The summed E-state index contributed by atoms with van der Waals surface area (Å²) < 4.78 is 54.4. The van der Waals surface area contributed by atoms with Crippen molar-refractivity contribution in [3.05, 3.63) is 29.3 Å². The maximum atomic E-state index is 12.9. The molecule has 0 N–H and O–H groups in total. The van der Waals surface area contributed by atoms with Crippen molar-refractivity contribution in [2.75, 3.05) is 6.61 Å². The van der Waals surface area contributed by atoms with Crippen molar-refractivity contribution in [3.63, 3.8) is 0 Å². The van der Waals surface area contributed by atoms with Crippen LogP contribution in [0.2, 0.25) is 0 Å². The molecule has 0 unspecified atom stereocenters. The third kappa shape index (κ3) is 3.69.